The molecule has 0 aromatic heterocycles. The zero-order valence-electron chi connectivity index (χ0n) is 18.3. The minimum atomic E-state index is -0.559. The maximum Gasteiger partial charge on any atom is 0.255 e. The summed E-state index contributed by atoms with van der Waals surface area (Å²) in [6.45, 7) is 4.21. The summed E-state index contributed by atoms with van der Waals surface area (Å²) >= 11 is 5.04. The van der Waals surface area contributed by atoms with Gasteiger partial charge in [-0.15, -0.1) is 11.7 Å². The number of fused-ring (bicyclic) bond motifs is 3. The summed E-state index contributed by atoms with van der Waals surface area (Å²) in [6, 6.07) is 23.2. The zero-order chi connectivity index (χ0) is 23.5. The summed E-state index contributed by atoms with van der Waals surface area (Å²) in [5.41, 5.74) is 3.75. The van der Waals surface area contributed by atoms with Gasteiger partial charge in [-0.3, -0.25) is 9.80 Å². The van der Waals surface area contributed by atoms with Crippen LogP contribution in [0.2, 0.25) is 0 Å². The molecule has 3 aromatic carbocycles. The van der Waals surface area contributed by atoms with Crippen molar-refractivity contribution in [3.8, 4) is 5.75 Å². The van der Waals surface area contributed by atoms with E-state index in [-0.39, 0.29) is 5.91 Å². The smallest absolute Gasteiger partial charge is 0.255 e. The van der Waals surface area contributed by atoms with Gasteiger partial charge < -0.3 is 15.4 Å². The Morgan fingerprint density at radius 1 is 1.09 bits per heavy atom. The third kappa shape index (κ3) is 4.56. The van der Waals surface area contributed by atoms with E-state index < -0.39 is 12.2 Å². The van der Waals surface area contributed by atoms with Gasteiger partial charge in [0.25, 0.3) is 5.91 Å². The summed E-state index contributed by atoms with van der Waals surface area (Å²) in [7, 11) is 0. The van der Waals surface area contributed by atoms with Crippen molar-refractivity contribution in [1.82, 2.24) is 10.3 Å². The summed E-state index contributed by atoms with van der Waals surface area (Å²) in [5, 5.41) is 13.8. The minimum absolute atomic E-state index is 0.109. The molecule has 3 aromatic rings. The summed E-state index contributed by atoms with van der Waals surface area (Å²) in [4.78, 5) is 13.3. The highest BCUT2D eigenvalue weighted by molar-refractivity contribution is 9.10. The van der Waals surface area contributed by atoms with Crippen molar-refractivity contribution >= 4 is 44.5 Å². The average Bonchev–Trinajstić information content (AvgIpc) is 2.86. The standard InChI is InChI=1S/C26H23BrN4O2S/c1-2-14-34-26-29-25(32)23-19-10-6-7-11-21(19)28-24(31(23)30-26)20-15-18(27)12-13-22(20)33-16-17-8-4-3-5-9-17/h2-13,15,23-24,28H,1,14,16H2,(H,29,30,32)/t23-,24-/m1/s1. The highest BCUT2D eigenvalue weighted by Crippen LogP contribution is 2.45. The second-order valence-corrected chi connectivity index (χ2v) is 9.79. The molecule has 5 rings (SSSR count). The van der Waals surface area contributed by atoms with Crippen LogP contribution >= 0.6 is 27.7 Å². The SMILES string of the molecule is C=CCSC1=NN2[C@H](c3cc(Br)ccc3OCc3ccccc3)Nc3ccccc3[C@@H]2C(=O)N1. The Morgan fingerprint density at radius 3 is 2.71 bits per heavy atom. The molecule has 2 aliphatic heterocycles. The highest BCUT2D eigenvalue weighted by Gasteiger charge is 2.42. The Balaban J connectivity index is 1.56. The van der Waals surface area contributed by atoms with Crippen molar-refractivity contribution in [2.75, 3.05) is 11.1 Å². The maximum absolute atomic E-state index is 13.3. The molecule has 0 saturated carbocycles. The molecule has 0 radical (unpaired) electrons. The number of hydrogen-bond donors (Lipinski definition) is 2. The molecule has 2 atom stereocenters. The van der Waals surface area contributed by atoms with Gasteiger partial charge >= 0.3 is 0 Å². The van der Waals surface area contributed by atoms with Gasteiger partial charge in [-0.1, -0.05) is 82.3 Å². The van der Waals surface area contributed by atoms with Gasteiger partial charge in [0.2, 0.25) is 0 Å². The molecule has 2 aliphatic rings. The van der Waals surface area contributed by atoms with Crippen LogP contribution in [-0.2, 0) is 11.4 Å². The summed E-state index contributed by atoms with van der Waals surface area (Å²) in [5.74, 6) is 1.26. The number of benzene rings is 3. The van der Waals surface area contributed by atoms with Crippen molar-refractivity contribution in [2.45, 2.75) is 18.8 Å². The van der Waals surface area contributed by atoms with Crippen LogP contribution in [0, 0.1) is 0 Å². The molecule has 172 valence electrons. The largest absolute Gasteiger partial charge is 0.488 e. The predicted octanol–water partition coefficient (Wildman–Crippen LogP) is 5.82. The van der Waals surface area contributed by atoms with Crippen molar-refractivity contribution < 1.29 is 9.53 Å². The van der Waals surface area contributed by atoms with E-state index in [2.05, 4.69) is 33.1 Å². The third-order valence-corrected chi connectivity index (χ3v) is 6.96. The number of amidine groups is 1. The molecule has 0 unspecified atom stereocenters. The van der Waals surface area contributed by atoms with E-state index in [0.29, 0.717) is 17.5 Å². The van der Waals surface area contributed by atoms with Crippen molar-refractivity contribution in [2.24, 2.45) is 5.10 Å². The molecule has 2 N–H and O–H groups in total. The molecule has 0 spiro atoms. The first-order valence-corrected chi connectivity index (χ1v) is 12.6. The van der Waals surface area contributed by atoms with E-state index in [1.807, 2.05) is 77.8 Å². The van der Waals surface area contributed by atoms with Crippen LogP contribution in [0.25, 0.3) is 0 Å². The Morgan fingerprint density at radius 2 is 1.88 bits per heavy atom. The number of carbonyl (C=O) groups is 1. The normalized spacial score (nSPS) is 18.7. The van der Waals surface area contributed by atoms with E-state index in [1.54, 1.807) is 6.08 Å². The second-order valence-electron chi connectivity index (χ2n) is 7.87. The maximum atomic E-state index is 13.3. The molecular weight excluding hydrogens is 512 g/mol. The van der Waals surface area contributed by atoms with Gasteiger partial charge in [0, 0.05) is 27.0 Å². The fourth-order valence-corrected chi connectivity index (χ4v) is 5.05. The van der Waals surface area contributed by atoms with Crippen LogP contribution in [0.5, 0.6) is 5.75 Å². The lowest BCUT2D eigenvalue weighted by molar-refractivity contribution is -0.127. The third-order valence-electron chi connectivity index (χ3n) is 5.60. The van der Waals surface area contributed by atoms with Crippen LogP contribution in [0.4, 0.5) is 5.69 Å². The van der Waals surface area contributed by atoms with Gasteiger partial charge in [0.1, 0.15) is 18.5 Å². The summed E-state index contributed by atoms with van der Waals surface area (Å²) in [6.07, 6.45) is 1.38. The molecule has 8 heteroatoms. The van der Waals surface area contributed by atoms with E-state index in [0.717, 1.165) is 32.6 Å². The molecule has 2 heterocycles. The highest BCUT2D eigenvalue weighted by atomic mass is 79.9. The number of nitrogens with zero attached hydrogens (tertiary/aromatic N) is 2. The Kier molecular flexibility index (Phi) is 6.60. The van der Waals surface area contributed by atoms with Crippen LogP contribution in [0.15, 0.2) is 95.0 Å². The van der Waals surface area contributed by atoms with Gasteiger partial charge in [0.05, 0.1) is 0 Å². The quantitative estimate of drug-likeness (QED) is 0.390. The van der Waals surface area contributed by atoms with Gasteiger partial charge in [-0.05, 0) is 29.8 Å². The zero-order valence-corrected chi connectivity index (χ0v) is 20.7. The number of anilines is 1. The monoisotopic (exact) mass is 534 g/mol. The molecule has 1 amide bonds. The molecule has 6 nitrogen and oxygen atoms in total. The predicted molar refractivity (Wildman–Crippen MR) is 141 cm³/mol. The fraction of sp³-hybridized carbons (Fsp3) is 0.154. The first-order chi connectivity index (χ1) is 16.6. The number of para-hydroxylation sites is 1. The average molecular weight is 535 g/mol. The molecule has 0 fully saturated rings. The number of hydrazone groups is 1. The topological polar surface area (TPSA) is 66.0 Å². The number of amides is 1. The Labute approximate surface area is 211 Å². The number of halogens is 1. The number of rotatable bonds is 6. The van der Waals surface area contributed by atoms with Crippen LogP contribution < -0.4 is 15.4 Å². The lowest BCUT2D eigenvalue weighted by atomic mass is 9.97. The van der Waals surface area contributed by atoms with Gasteiger partial charge in [-0.25, -0.2) is 0 Å². The van der Waals surface area contributed by atoms with E-state index in [9.17, 15) is 4.79 Å². The fourth-order valence-electron chi connectivity index (χ4n) is 4.08. The van der Waals surface area contributed by atoms with Crippen molar-refractivity contribution in [3.05, 3.63) is 107 Å². The van der Waals surface area contributed by atoms with E-state index in [4.69, 9.17) is 9.84 Å². The Bertz CT molecular complexity index is 1250. The number of nitrogens with one attached hydrogen (secondary N) is 2. The van der Waals surface area contributed by atoms with Gasteiger partial charge in [0.15, 0.2) is 11.2 Å². The second kappa shape index (κ2) is 9.95. The minimum Gasteiger partial charge on any atom is -0.488 e. The number of carbonyl (C=O) groups excluding carboxylic acids is 1. The van der Waals surface area contributed by atoms with Crippen molar-refractivity contribution in [1.29, 1.82) is 0 Å². The summed E-state index contributed by atoms with van der Waals surface area (Å²) < 4.78 is 7.18. The molecule has 0 saturated heterocycles. The Hall–Kier alpha value is -3.23. The first kappa shape index (κ1) is 22.6. The number of hydrogen-bond acceptors (Lipinski definition) is 6. The molecular formula is C26H23BrN4O2S. The number of thioether (sulfide) groups is 1. The van der Waals surface area contributed by atoms with Crippen LogP contribution in [0.1, 0.15) is 28.9 Å². The van der Waals surface area contributed by atoms with Crippen molar-refractivity contribution in [3.63, 3.8) is 0 Å². The van der Waals surface area contributed by atoms with Gasteiger partial charge in [-0.2, -0.15) is 0 Å². The first-order valence-electron chi connectivity index (χ1n) is 10.9. The molecule has 0 bridgehead atoms. The van der Waals surface area contributed by atoms with E-state index in [1.165, 1.54) is 11.8 Å². The molecule has 34 heavy (non-hydrogen) atoms. The molecule has 0 aliphatic carbocycles. The van der Waals surface area contributed by atoms with E-state index >= 15 is 0 Å². The van der Waals surface area contributed by atoms with Crippen LogP contribution in [-0.4, -0.2) is 21.8 Å². The lowest BCUT2D eigenvalue weighted by Gasteiger charge is -2.44. The van der Waals surface area contributed by atoms with Crippen LogP contribution in [0.3, 0.4) is 0 Å². The number of ether oxygens (including phenoxy) is 1. The lowest BCUT2D eigenvalue weighted by Crippen LogP contribution is -2.51.